The third kappa shape index (κ3) is 3.60. The number of aryl methyl sites for hydroxylation is 2. The summed E-state index contributed by atoms with van der Waals surface area (Å²) in [5.74, 6) is -0.304. The van der Waals surface area contributed by atoms with Crippen molar-refractivity contribution in [1.82, 2.24) is 15.3 Å². The van der Waals surface area contributed by atoms with Crippen LogP contribution in [0.1, 0.15) is 27.7 Å². The Kier molecular flexibility index (Phi) is 5.61. The van der Waals surface area contributed by atoms with Crippen LogP contribution in [0.5, 0.6) is 0 Å². The molecule has 1 aromatic carbocycles. The first-order valence-corrected chi connectivity index (χ1v) is 9.27. The number of carbonyl (C=O) groups is 1. The summed E-state index contributed by atoms with van der Waals surface area (Å²) >= 11 is 1.65. The molecule has 0 radical (unpaired) electrons. The van der Waals surface area contributed by atoms with E-state index in [2.05, 4.69) is 29.1 Å². The molecule has 0 aliphatic heterocycles. The van der Waals surface area contributed by atoms with Crippen molar-refractivity contribution in [3.05, 3.63) is 46.6 Å². The van der Waals surface area contributed by atoms with E-state index in [9.17, 15) is 9.90 Å². The van der Waals surface area contributed by atoms with E-state index in [1.165, 1.54) is 10.4 Å². The number of nitrogens with one attached hydrogen (secondary N) is 1. The maximum atomic E-state index is 12.3. The average molecular weight is 371 g/mol. The third-order valence-electron chi connectivity index (χ3n) is 4.25. The normalized spacial score (nSPS) is 12.3. The van der Waals surface area contributed by atoms with Gasteiger partial charge in [0.2, 0.25) is 0 Å². The number of aliphatic hydroxyl groups is 2. The molecule has 3 N–H and O–H groups in total. The van der Waals surface area contributed by atoms with Gasteiger partial charge < -0.3 is 15.5 Å². The Balaban J connectivity index is 1.98. The number of hydrogen-bond acceptors (Lipinski definition) is 6. The Morgan fingerprint density at radius 2 is 2.15 bits per heavy atom. The summed E-state index contributed by atoms with van der Waals surface area (Å²) in [6, 6.07) is 7.23. The molecule has 0 fully saturated rings. The van der Waals surface area contributed by atoms with E-state index in [1.807, 2.05) is 12.1 Å². The second-order valence-electron chi connectivity index (χ2n) is 6.02. The van der Waals surface area contributed by atoms with E-state index in [0.717, 1.165) is 27.9 Å². The van der Waals surface area contributed by atoms with Gasteiger partial charge in [-0.15, -0.1) is 11.3 Å². The van der Waals surface area contributed by atoms with E-state index in [1.54, 1.807) is 29.8 Å². The van der Waals surface area contributed by atoms with Crippen LogP contribution < -0.4 is 5.32 Å². The van der Waals surface area contributed by atoms with Crippen LogP contribution in [-0.2, 0) is 6.42 Å². The number of nitrogens with zero attached hydrogens (tertiary/aromatic N) is 2. The van der Waals surface area contributed by atoms with E-state index < -0.39 is 12.7 Å². The van der Waals surface area contributed by atoms with Crippen molar-refractivity contribution < 1.29 is 15.0 Å². The van der Waals surface area contributed by atoms with Crippen molar-refractivity contribution in [3.63, 3.8) is 0 Å². The van der Waals surface area contributed by atoms with Crippen LogP contribution in [0.15, 0.2) is 30.6 Å². The fourth-order valence-electron chi connectivity index (χ4n) is 2.93. The molecule has 0 aliphatic rings. The van der Waals surface area contributed by atoms with Gasteiger partial charge in [-0.1, -0.05) is 19.1 Å². The molecular weight excluding hydrogens is 350 g/mol. The summed E-state index contributed by atoms with van der Waals surface area (Å²) in [5, 5.41) is 21.9. The zero-order valence-corrected chi connectivity index (χ0v) is 15.5. The lowest BCUT2D eigenvalue weighted by atomic mass is 10.0. The zero-order valence-electron chi connectivity index (χ0n) is 14.7. The predicted molar refractivity (Wildman–Crippen MR) is 102 cm³/mol. The Hall–Kier alpha value is -2.35. The van der Waals surface area contributed by atoms with Gasteiger partial charge in [0.15, 0.2) is 0 Å². The summed E-state index contributed by atoms with van der Waals surface area (Å²) < 4.78 is 0. The summed E-state index contributed by atoms with van der Waals surface area (Å²) in [4.78, 5) is 23.4. The molecule has 0 saturated heterocycles. The van der Waals surface area contributed by atoms with Crippen molar-refractivity contribution in [2.75, 3.05) is 13.2 Å². The van der Waals surface area contributed by atoms with Crippen LogP contribution in [0, 0.1) is 6.92 Å². The molecule has 26 heavy (non-hydrogen) atoms. The molecule has 3 aromatic rings. The second-order valence-corrected chi connectivity index (χ2v) is 7.22. The Bertz CT molecular complexity index is 939. The van der Waals surface area contributed by atoms with Gasteiger partial charge in [-0.25, -0.2) is 9.97 Å². The van der Waals surface area contributed by atoms with Gasteiger partial charge in [-0.2, -0.15) is 0 Å². The van der Waals surface area contributed by atoms with E-state index in [-0.39, 0.29) is 12.5 Å². The van der Waals surface area contributed by atoms with Crippen molar-refractivity contribution in [3.8, 4) is 11.3 Å². The molecule has 0 spiro atoms. The van der Waals surface area contributed by atoms with Crippen molar-refractivity contribution in [2.45, 2.75) is 26.4 Å². The standard InChI is InChI=1S/C19H21N3O3S/c1-3-15-11(2)26-19-16(15)17(21-10-22-19)12-5-4-6-13(7-12)18(25)20-8-14(24)9-23/h4-7,10,14,23-24H,3,8-9H2,1-2H3,(H,20,25)/t14-/m1/s1. The van der Waals surface area contributed by atoms with Crippen molar-refractivity contribution >= 4 is 27.5 Å². The predicted octanol–water partition coefficient (Wildman–Crippen LogP) is 2.31. The van der Waals surface area contributed by atoms with Crippen molar-refractivity contribution in [2.24, 2.45) is 0 Å². The molecule has 1 amide bonds. The number of aliphatic hydroxyl groups excluding tert-OH is 2. The van der Waals surface area contributed by atoms with Gasteiger partial charge in [0, 0.05) is 27.9 Å². The van der Waals surface area contributed by atoms with Gasteiger partial charge >= 0.3 is 0 Å². The lowest BCUT2D eigenvalue weighted by Gasteiger charge is -2.10. The fourth-order valence-corrected chi connectivity index (χ4v) is 4.01. The Morgan fingerprint density at radius 1 is 1.35 bits per heavy atom. The van der Waals surface area contributed by atoms with Gasteiger partial charge in [0.25, 0.3) is 5.91 Å². The van der Waals surface area contributed by atoms with E-state index in [4.69, 9.17) is 5.11 Å². The lowest BCUT2D eigenvalue weighted by Crippen LogP contribution is -2.33. The summed E-state index contributed by atoms with van der Waals surface area (Å²) in [5.41, 5.74) is 3.38. The Labute approximate surface area is 155 Å². The highest BCUT2D eigenvalue weighted by atomic mass is 32.1. The zero-order chi connectivity index (χ0) is 18.7. The molecule has 2 heterocycles. The quantitative estimate of drug-likeness (QED) is 0.618. The number of amides is 1. The average Bonchev–Trinajstić information content (AvgIpc) is 3.00. The van der Waals surface area contributed by atoms with Crippen LogP contribution in [0.3, 0.4) is 0 Å². The van der Waals surface area contributed by atoms with Gasteiger partial charge in [0.05, 0.1) is 18.4 Å². The topological polar surface area (TPSA) is 95.3 Å². The Morgan fingerprint density at radius 3 is 2.88 bits per heavy atom. The molecule has 0 bridgehead atoms. The first kappa shape index (κ1) is 18.4. The molecule has 0 saturated carbocycles. The second kappa shape index (κ2) is 7.90. The largest absolute Gasteiger partial charge is 0.394 e. The monoisotopic (exact) mass is 371 g/mol. The lowest BCUT2D eigenvalue weighted by molar-refractivity contribution is 0.0802. The molecule has 3 rings (SSSR count). The van der Waals surface area contributed by atoms with Crippen molar-refractivity contribution in [1.29, 1.82) is 0 Å². The summed E-state index contributed by atoms with van der Waals surface area (Å²) in [6.07, 6.45) is 1.48. The molecule has 0 aliphatic carbocycles. The maximum absolute atomic E-state index is 12.3. The first-order chi connectivity index (χ1) is 12.5. The highest BCUT2D eigenvalue weighted by molar-refractivity contribution is 7.18. The molecular formula is C19H21N3O3S. The van der Waals surface area contributed by atoms with E-state index in [0.29, 0.717) is 5.56 Å². The van der Waals surface area contributed by atoms with Gasteiger partial charge in [-0.3, -0.25) is 4.79 Å². The number of rotatable bonds is 6. The molecule has 0 unspecified atom stereocenters. The van der Waals surface area contributed by atoms with Crippen LogP contribution in [0.2, 0.25) is 0 Å². The number of thiophene rings is 1. The summed E-state index contributed by atoms with van der Waals surface area (Å²) in [6.45, 7) is 3.81. The highest BCUT2D eigenvalue weighted by Gasteiger charge is 2.16. The van der Waals surface area contributed by atoms with Crippen LogP contribution in [0.25, 0.3) is 21.5 Å². The molecule has 6 nitrogen and oxygen atoms in total. The first-order valence-electron chi connectivity index (χ1n) is 8.45. The number of hydrogen-bond donors (Lipinski definition) is 3. The van der Waals surface area contributed by atoms with Gasteiger partial charge in [-0.05, 0) is 31.0 Å². The van der Waals surface area contributed by atoms with Crippen LogP contribution in [0.4, 0.5) is 0 Å². The molecule has 2 aromatic heterocycles. The third-order valence-corrected chi connectivity index (χ3v) is 5.31. The number of benzene rings is 1. The number of fused-ring (bicyclic) bond motifs is 1. The molecule has 1 atom stereocenters. The number of carbonyl (C=O) groups excluding carboxylic acids is 1. The SMILES string of the molecule is CCc1c(C)sc2ncnc(-c3cccc(C(=O)NC[C@@H](O)CO)c3)c12. The minimum atomic E-state index is -0.968. The molecule has 7 heteroatoms. The smallest absolute Gasteiger partial charge is 0.251 e. The van der Waals surface area contributed by atoms with Crippen LogP contribution >= 0.6 is 11.3 Å². The molecule has 136 valence electrons. The van der Waals surface area contributed by atoms with Gasteiger partial charge in [0.1, 0.15) is 11.2 Å². The minimum absolute atomic E-state index is 0.00101. The number of aromatic nitrogens is 2. The summed E-state index contributed by atoms with van der Waals surface area (Å²) in [7, 11) is 0. The van der Waals surface area contributed by atoms with Crippen LogP contribution in [-0.4, -0.2) is 45.3 Å². The minimum Gasteiger partial charge on any atom is -0.394 e. The maximum Gasteiger partial charge on any atom is 0.251 e. The van der Waals surface area contributed by atoms with E-state index >= 15 is 0 Å². The fraction of sp³-hybridized carbons (Fsp3) is 0.316. The highest BCUT2D eigenvalue weighted by Crippen LogP contribution is 2.35.